The average molecular weight is 381 g/mol. The molecule has 5 heteroatoms. The summed E-state index contributed by atoms with van der Waals surface area (Å²) in [6.07, 6.45) is 1.42. The number of thiophene rings is 1. The van der Waals surface area contributed by atoms with Crippen LogP contribution in [0.3, 0.4) is 0 Å². The Labute approximate surface area is 161 Å². The summed E-state index contributed by atoms with van der Waals surface area (Å²) in [6.45, 7) is 9.22. The summed E-state index contributed by atoms with van der Waals surface area (Å²) in [5, 5.41) is 0. The first-order valence-electron chi connectivity index (χ1n) is 8.58. The Morgan fingerprint density at radius 1 is 1.31 bits per heavy atom. The van der Waals surface area contributed by atoms with E-state index in [1.807, 2.05) is 10.4 Å². The molecule has 4 rings (SSSR count). The van der Waals surface area contributed by atoms with Crippen LogP contribution in [-0.4, -0.2) is 22.3 Å². The molecular formula is C21H20N2OS2. The first-order valence-corrected chi connectivity index (χ1v) is 10.3. The van der Waals surface area contributed by atoms with E-state index in [0.717, 1.165) is 5.69 Å². The Hall–Kier alpha value is -2.24. The van der Waals surface area contributed by atoms with E-state index in [0.29, 0.717) is 13.1 Å². The SMILES string of the molecule is C=CC(=O)N1Cc2sc(C)cc2[C@H](c2ccccc2-c2scnc2C)C1. The predicted molar refractivity (Wildman–Crippen MR) is 109 cm³/mol. The standard InChI is InChI=1S/C21H20N2OS2/c1-4-20(24)23-10-18(17-9-13(2)26-19(17)11-23)15-7-5-6-8-16(15)21-14(3)22-12-25-21/h4-9,12,18H,1,10-11H2,2-3H3/t18-/m0/s1. The molecule has 0 spiro atoms. The lowest BCUT2D eigenvalue weighted by Crippen LogP contribution is -2.37. The van der Waals surface area contributed by atoms with Crippen LogP contribution in [0.25, 0.3) is 10.4 Å². The zero-order valence-corrected chi connectivity index (χ0v) is 16.5. The fraction of sp³-hybridized carbons (Fsp3) is 0.238. The summed E-state index contributed by atoms with van der Waals surface area (Å²) in [4.78, 5) is 22.5. The van der Waals surface area contributed by atoms with Crippen molar-refractivity contribution in [3.8, 4) is 10.4 Å². The number of rotatable bonds is 3. The number of aromatic nitrogens is 1. The number of aryl methyl sites for hydroxylation is 2. The minimum Gasteiger partial charge on any atom is -0.333 e. The van der Waals surface area contributed by atoms with Crippen LogP contribution >= 0.6 is 22.7 Å². The Kier molecular flexibility index (Phi) is 4.51. The maximum atomic E-state index is 12.3. The Morgan fingerprint density at radius 3 is 2.85 bits per heavy atom. The van der Waals surface area contributed by atoms with E-state index in [4.69, 9.17) is 0 Å². The molecule has 0 N–H and O–H groups in total. The van der Waals surface area contributed by atoms with Gasteiger partial charge in [0.1, 0.15) is 0 Å². The topological polar surface area (TPSA) is 33.2 Å². The van der Waals surface area contributed by atoms with E-state index in [2.05, 4.69) is 55.7 Å². The maximum Gasteiger partial charge on any atom is 0.246 e. The molecule has 1 aliphatic rings. The van der Waals surface area contributed by atoms with Gasteiger partial charge < -0.3 is 4.90 Å². The average Bonchev–Trinajstić information content (AvgIpc) is 3.24. The van der Waals surface area contributed by atoms with Crippen molar-refractivity contribution >= 4 is 28.6 Å². The van der Waals surface area contributed by atoms with Gasteiger partial charge in [-0.25, -0.2) is 4.98 Å². The van der Waals surface area contributed by atoms with Gasteiger partial charge in [0.05, 0.1) is 22.6 Å². The van der Waals surface area contributed by atoms with E-state index < -0.39 is 0 Å². The van der Waals surface area contributed by atoms with Crippen LogP contribution in [0.4, 0.5) is 0 Å². The van der Waals surface area contributed by atoms with Gasteiger partial charge in [0.15, 0.2) is 0 Å². The van der Waals surface area contributed by atoms with Crippen LogP contribution < -0.4 is 0 Å². The molecule has 1 atom stereocenters. The minimum absolute atomic E-state index is 0.00171. The van der Waals surface area contributed by atoms with E-state index in [-0.39, 0.29) is 11.8 Å². The van der Waals surface area contributed by atoms with Gasteiger partial charge in [-0.1, -0.05) is 30.8 Å². The third kappa shape index (κ3) is 2.91. The van der Waals surface area contributed by atoms with Crippen LogP contribution in [0, 0.1) is 13.8 Å². The van der Waals surface area contributed by atoms with Crippen molar-refractivity contribution < 1.29 is 4.79 Å². The van der Waals surface area contributed by atoms with Gasteiger partial charge in [-0.05, 0) is 42.7 Å². The zero-order valence-electron chi connectivity index (χ0n) is 14.9. The fourth-order valence-electron chi connectivity index (χ4n) is 3.69. The summed E-state index contributed by atoms with van der Waals surface area (Å²) in [7, 11) is 0. The van der Waals surface area contributed by atoms with Gasteiger partial charge in [-0.2, -0.15) is 0 Å². The number of benzene rings is 1. The van der Waals surface area contributed by atoms with Crippen LogP contribution in [0.1, 0.15) is 32.5 Å². The molecule has 3 nitrogen and oxygen atoms in total. The molecule has 3 heterocycles. The van der Waals surface area contributed by atoms with Crippen LogP contribution in [0.2, 0.25) is 0 Å². The van der Waals surface area contributed by atoms with Gasteiger partial charge in [0, 0.05) is 22.2 Å². The lowest BCUT2D eigenvalue weighted by molar-refractivity contribution is -0.127. The number of carbonyl (C=O) groups excluding carboxylic acids is 1. The molecule has 132 valence electrons. The number of hydrogen-bond acceptors (Lipinski definition) is 4. The summed E-state index contributed by atoms with van der Waals surface area (Å²) in [5.41, 5.74) is 6.80. The molecule has 0 aliphatic carbocycles. The second-order valence-electron chi connectivity index (χ2n) is 6.57. The lowest BCUT2D eigenvalue weighted by Gasteiger charge is -2.33. The molecule has 0 saturated heterocycles. The monoisotopic (exact) mass is 380 g/mol. The minimum atomic E-state index is -0.00171. The summed E-state index contributed by atoms with van der Waals surface area (Å²) in [5.74, 6) is 0.170. The highest BCUT2D eigenvalue weighted by atomic mass is 32.1. The molecule has 3 aromatic rings. The molecule has 0 radical (unpaired) electrons. The van der Waals surface area contributed by atoms with Crippen molar-refractivity contribution in [1.29, 1.82) is 0 Å². The summed E-state index contributed by atoms with van der Waals surface area (Å²) < 4.78 is 0. The third-order valence-electron chi connectivity index (χ3n) is 4.89. The van der Waals surface area contributed by atoms with Crippen LogP contribution in [-0.2, 0) is 11.3 Å². The van der Waals surface area contributed by atoms with Gasteiger partial charge >= 0.3 is 0 Å². The summed E-state index contributed by atoms with van der Waals surface area (Å²) in [6, 6.07) is 10.8. The lowest BCUT2D eigenvalue weighted by atomic mass is 9.85. The van der Waals surface area contributed by atoms with E-state index in [9.17, 15) is 4.79 Å². The number of fused-ring (bicyclic) bond motifs is 1. The Morgan fingerprint density at radius 2 is 2.12 bits per heavy atom. The molecule has 0 fully saturated rings. The van der Waals surface area contributed by atoms with Gasteiger partial charge in [0.2, 0.25) is 5.91 Å². The first kappa shape index (κ1) is 17.2. The van der Waals surface area contributed by atoms with Gasteiger partial charge in [-0.15, -0.1) is 22.7 Å². The second-order valence-corrected chi connectivity index (χ2v) is 8.76. The van der Waals surface area contributed by atoms with E-state index in [1.165, 1.54) is 37.4 Å². The molecule has 26 heavy (non-hydrogen) atoms. The second kappa shape index (κ2) is 6.82. The van der Waals surface area contributed by atoms with Crippen molar-refractivity contribution in [2.75, 3.05) is 6.54 Å². The number of carbonyl (C=O) groups is 1. The molecule has 2 aromatic heterocycles. The quantitative estimate of drug-likeness (QED) is 0.589. The first-order chi connectivity index (χ1) is 12.6. The number of nitrogens with zero attached hydrogens (tertiary/aromatic N) is 2. The van der Waals surface area contributed by atoms with Crippen LogP contribution in [0.5, 0.6) is 0 Å². The normalized spacial score (nSPS) is 16.4. The predicted octanol–water partition coefficient (Wildman–Crippen LogP) is 5.15. The molecular weight excluding hydrogens is 360 g/mol. The van der Waals surface area contributed by atoms with E-state index in [1.54, 1.807) is 22.7 Å². The Bertz CT molecular complexity index is 986. The molecule has 0 bridgehead atoms. The largest absolute Gasteiger partial charge is 0.333 e. The van der Waals surface area contributed by atoms with Crippen molar-refractivity contribution in [3.05, 3.63) is 75.1 Å². The van der Waals surface area contributed by atoms with Gasteiger partial charge in [0.25, 0.3) is 0 Å². The number of hydrogen-bond donors (Lipinski definition) is 0. The Balaban J connectivity index is 1.86. The van der Waals surface area contributed by atoms with Crippen LogP contribution in [0.15, 0.2) is 48.5 Å². The number of amides is 1. The van der Waals surface area contributed by atoms with E-state index >= 15 is 0 Å². The number of thiazole rings is 1. The molecule has 0 unspecified atom stereocenters. The molecule has 0 saturated carbocycles. The highest BCUT2D eigenvalue weighted by Crippen LogP contribution is 2.42. The third-order valence-corrected chi connectivity index (χ3v) is 6.90. The molecule has 1 amide bonds. The fourth-order valence-corrected chi connectivity index (χ4v) is 5.65. The van der Waals surface area contributed by atoms with Gasteiger partial charge in [-0.3, -0.25) is 4.79 Å². The summed E-state index contributed by atoms with van der Waals surface area (Å²) >= 11 is 3.46. The van der Waals surface area contributed by atoms with Crippen molar-refractivity contribution in [1.82, 2.24) is 9.88 Å². The molecule has 1 aromatic carbocycles. The van der Waals surface area contributed by atoms with Crippen molar-refractivity contribution in [2.24, 2.45) is 0 Å². The zero-order chi connectivity index (χ0) is 18.3. The maximum absolute atomic E-state index is 12.3. The van der Waals surface area contributed by atoms with Crippen molar-refractivity contribution in [2.45, 2.75) is 26.3 Å². The highest BCUT2D eigenvalue weighted by molar-refractivity contribution is 7.13. The molecule has 1 aliphatic heterocycles. The van der Waals surface area contributed by atoms with Crippen molar-refractivity contribution in [3.63, 3.8) is 0 Å². The smallest absolute Gasteiger partial charge is 0.246 e. The highest BCUT2D eigenvalue weighted by Gasteiger charge is 2.31.